The highest BCUT2D eigenvalue weighted by Crippen LogP contribution is 2.28. The first-order valence-electron chi connectivity index (χ1n) is 11.1. The highest BCUT2D eigenvalue weighted by atomic mass is 35.5. The van der Waals surface area contributed by atoms with E-state index in [-0.39, 0.29) is 11.9 Å². The van der Waals surface area contributed by atoms with Gasteiger partial charge in [-0.25, -0.2) is 0 Å². The summed E-state index contributed by atoms with van der Waals surface area (Å²) >= 11 is 11.9. The number of carbonyl (C=O) groups excluding carboxylic acids is 1. The summed E-state index contributed by atoms with van der Waals surface area (Å²) in [5.41, 5.74) is 3.12. The molecule has 1 aliphatic heterocycles. The van der Waals surface area contributed by atoms with Gasteiger partial charge in [0.2, 0.25) is 5.91 Å². The Balaban J connectivity index is 1.42. The molecule has 9 heteroatoms. The Morgan fingerprint density at radius 3 is 2.79 bits per heavy atom. The molecule has 3 aromatic rings. The minimum Gasteiger partial charge on any atom is -0.379 e. The summed E-state index contributed by atoms with van der Waals surface area (Å²) in [4.78, 5) is 15.1. The summed E-state index contributed by atoms with van der Waals surface area (Å²) in [6.07, 6.45) is 0.297. The second kappa shape index (κ2) is 11.1. The van der Waals surface area contributed by atoms with Crippen molar-refractivity contribution in [1.82, 2.24) is 25.0 Å². The first-order valence-corrected chi connectivity index (χ1v) is 11.9. The molecule has 0 spiro atoms. The van der Waals surface area contributed by atoms with Gasteiger partial charge in [0, 0.05) is 43.2 Å². The van der Waals surface area contributed by atoms with Gasteiger partial charge in [0.05, 0.1) is 19.3 Å². The molecule has 174 valence electrons. The number of nitrogens with zero attached hydrogens (tertiary/aromatic N) is 3. The van der Waals surface area contributed by atoms with Crippen molar-refractivity contribution < 1.29 is 9.53 Å². The van der Waals surface area contributed by atoms with Crippen LogP contribution in [0.25, 0.3) is 11.4 Å². The van der Waals surface area contributed by atoms with Gasteiger partial charge in [0.1, 0.15) is 0 Å². The van der Waals surface area contributed by atoms with Crippen LogP contribution in [0.1, 0.15) is 23.6 Å². The zero-order valence-electron chi connectivity index (χ0n) is 18.6. The molecule has 1 atom stereocenters. The number of carbonyl (C=O) groups is 1. The molecule has 1 aromatic heterocycles. The van der Waals surface area contributed by atoms with Crippen LogP contribution in [0.15, 0.2) is 48.5 Å². The fourth-order valence-electron chi connectivity index (χ4n) is 4.11. The van der Waals surface area contributed by atoms with Crippen molar-refractivity contribution in [2.75, 3.05) is 32.8 Å². The Kier molecular flexibility index (Phi) is 7.93. The first-order chi connectivity index (χ1) is 16.0. The average molecular weight is 486 g/mol. The molecule has 2 N–H and O–H groups in total. The molecule has 7 nitrogen and oxygen atoms in total. The molecule has 1 unspecified atom stereocenters. The molecule has 0 radical (unpaired) electrons. The molecule has 0 saturated carbocycles. The van der Waals surface area contributed by atoms with Gasteiger partial charge in [-0.3, -0.25) is 19.4 Å². The molecule has 1 amide bonds. The number of halogens is 1. The van der Waals surface area contributed by atoms with Crippen molar-refractivity contribution in [3.8, 4) is 11.4 Å². The number of benzene rings is 2. The van der Waals surface area contributed by atoms with Crippen LogP contribution in [0.3, 0.4) is 0 Å². The highest BCUT2D eigenvalue weighted by molar-refractivity contribution is 7.71. The third kappa shape index (κ3) is 5.89. The maximum Gasteiger partial charge on any atom is 0.221 e. The van der Waals surface area contributed by atoms with Crippen LogP contribution < -0.4 is 5.32 Å². The van der Waals surface area contributed by atoms with E-state index in [9.17, 15) is 4.79 Å². The second-order valence-electron chi connectivity index (χ2n) is 8.11. The Hall–Kier alpha value is -2.52. The standard InChI is InChI=1S/C24H28ClN5O2S/c1-17-5-4-6-18(15-17)23-27-28-24(33)30(23)10-9-22(31)26-16-21(29-11-13-32-14-12-29)19-7-2-3-8-20(19)25/h2-8,15,21H,9-14,16H2,1H3,(H,26,31)(H,28,33). The second-order valence-corrected chi connectivity index (χ2v) is 8.91. The van der Waals surface area contributed by atoms with Crippen LogP contribution in [0.5, 0.6) is 0 Å². The van der Waals surface area contributed by atoms with Gasteiger partial charge in [0.25, 0.3) is 0 Å². The summed E-state index contributed by atoms with van der Waals surface area (Å²) in [6, 6.07) is 15.9. The van der Waals surface area contributed by atoms with Crippen molar-refractivity contribution >= 4 is 29.7 Å². The number of hydrogen-bond acceptors (Lipinski definition) is 5. The van der Waals surface area contributed by atoms with Gasteiger partial charge in [-0.05, 0) is 36.8 Å². The Morgan fingerprint density at radius 1 is 1.24 bits per heavy atom. The number of morpholine rings is 1. The monoisotopic (exact) mass is 485 g/mol. The Labute approximate surface area is 203 Å². The van der Waals surface area contributed by atoms with Gasteiger partial charge < -0.3 is 10.1 Å². The lowest BCUT2D eigenvalue weighted by Gasteiger charge is -2.35. The number of nitrogens with one attached hydrogen (secondary N) is 2. The third-order valence-electron chi connectivity index (χ3n) is 5.84. The highest BCUT2D eigenvalue weighted by Gasteiger charge is 2.25. The zero-order chi connectivity index (χ0) is 23.2. The minimum atomic E-state index is -0.0430. The third-order valence-corrected chi connectivity index (χ3v) is 6.50. The number of hydrogen-bond donors (Lipinski definition) is 2. The summed E-state index contributed by atoms with van der Waals surface area (Å²) in [5.74, 6) is 0.692. The van der Waals surface area contributed by atoms with E-state index in [2.05, 4.69) is 26.5 Å². The molecule has 2 aromatic carbocycles. The SMILES string of the molecule is Cc1cccc(-c2n[nH]c(=S)n2CCC(=O)NCC(c2ccccc2Cl)N2CCOCC2)c1. The topological polar surface area (TPSA) is 75.2 Å². The van der Waals surface area contributed by atoms with Crippen LogP contribution in [0.2, 0.25) is 5.02 Å². The van der Waals surface area contributed by atoms with Gasteiger partial charge >= 0.3 is 0 Å². The van der Waals surface area contributed by atoms with Crippen molar-refractivity contribution in [3.05, 3.63) is 69.5 Å². The predicted molar refractivity (Wildman–Crippen MR) is 132 cm³/mol. The lowest BCUT2D eigenvalue weighted by Crippen LogP contribution is -2.44. The van der Waals surface area contributed by atoms with E-state index in [1.54, 1.807) is 0 Å². The normalized spacial score (nSPS) is 15.3. The molecular formula is C24H28ClN5O2S. The Morgan fingerprint density at radius 2 is 2.03 bits per heavy atom. The molecule has 1 fully saturated rings. The maximum atomic E-state index is 12.8. The lowest BCUT2D eigenvalue weighted by atomic mass is 10.0. The van der Waals surface area contributed by atoms with E-state index in [0.29, 0.717) is 42.5 Å². The predicted octanol–water partition coefficient (Wildman–Crippen LogP) is 4.15. The fraction of sp³-hybridized carbons (Fsp3) is 0.375. The van der Waals surface area contributed by atoms with E-state index in [4.69, 9.17) is 28.6 Å². The zero-order valence-corrected chi connectivity index (χ0v) is 20.2. The van der Waals surface area contributed by atoms with Crippen molar-refractivity contribution in [1.29, 1.82) is 0 Å². The van der Waals surface area contributed by atoms with Crippen molar-refractivity contribution in [2.45, 2.75) is 25.9 Å². The number of aryl methyl sites for hydroxylation is 1. The lowest BCUT2D eigenvalue weighted by molar-refractivity contribution is -0.121. The molecule has 4 rings (SSSR count). The average Bonchev–Trinajstić information content (AvgIpc) is 3.20. The molecule has 0 aliphatic carbocycles. The van der Waals surface area contributed by atoms with Crippen LogP contribution in [0.4, 0.5) is 0 Å². The largest absolute Gasteiger partial charge is 0.379 e. The molecule has 1 aliphatic rings. The van der Waals surface area contributed by atoms with Crippen LogP contribution in [-0.2, 0) is 16.1 Å². The number of rotatable bonds is 8. The number of amides is 1. The number of aromatic amines is 1. The fourth-order valence-corrected chi connectivity index (χ4v) is 4.60. The van der Waals surface area contributed by atoms with Gasteiger partial charge in [-0.1, -0.05) is 53.6 Å². The van der Waals surface area contributed by atoms with E-state index < -0.39 is 0 Å². The molecule has 1 saturated heterocycles. The van der Waals surface area contributed by atoms with E-state index >= 15 is 0 Å². The summed E-state index contributed by atoms with van der Waals surface area (Å²) in [7, 11) is 0. The van der Waals surface area contributed by atoms with Crippen LogP contribution in [0, 0.1) is 11.7 Å². The molecule has 0 bridgehead atoms. The van der Waals surface area contributed by atoms with Crippen LogP contribution in [-0.4, -0.2) is 58.4 Å². The molecular weight excluding hydrogens is 458 g/mol. The van der Waals surface area contributed by atoms with E-state index in [0.717, 1.165) is 35.6 Å². The van der Waals surface area contributed by atoms with E-state index in [1.807, 2.05) is 54.0 Å². The minimum absolute atomic E-state index is 0.00880. The van der Waals surface area contributed by atoms with Crippen LogP contribution >= 0.6 is 23.8 Å². The summed E-state index contributed by atoms with van der Waals surface area (Å²) < 4.78 is 7.88. The summed E-state index contributed by atoms with van der Waals surface area (Å²) in [6.45, 7) is 5.91. The van der Waals surface area contributed by atoms with Crippen molar-refractivity contribution in [3.63, 3.8) is 0 Å². The van der Waals surface area contributed by atoms with E-state index in [1.165, 1.54) is 0 Å². The van der Waals surface area contributed by atoms with Gasteiger partial charge in [-0.2, -0.15) is 5.10 Å². The Bertz CT molecular complexity index is 1160. The van der Waals surface area contributed by atoms with Gasteiger partial charge in [-0.15, -0.1) is 0 Å². The molecule has 33 heavy (non-hydrogen) atoms. The molecule has 2 heterocycles. The number of H-pyrrole nitrogens is 1. The van der Waals surface area contributed by atoms with Gasteiger partial charge in [0.15, 0.2) is 10.6 Å². The first kappa shape index (κ1) is 23.6. The quantitative estimate of drug-likeness (QED) is 0.469. The number of ether oxygens (including phenoxy) is 1. The smallest absolute Gasteiger partial charge is 0.221 e. The maximum absolute atomic E-state index is 12.8. The number of aromatic nitrogens is 3. The van der Waals surface area contributed by atoms with Crippen molar-refractivity contribution in [2.24, 2.45) is 0 Å². The summed E-state index contributed by atoms with van der Waals surface area (Å²) in [5, 5.41) is 11.0.